The molecule has 1 saturated carbocycles. The molecule has 0 bridgehead atoms. The van der Waals surface area contributed by atoms with Crippen molar-refractivity contribution in [3.05, 3.63) is 22.4 Å². The summed E-state index contributed by atoms with van der Waals surface area (Å²) < 4.78 is 5.87. The average molecular weight is 281 g/mol. The monoisotopic (exact) mass is 281 g/mol. The zero-order chi connectivity index (χ0) is 13.7. The first-order chi connectivity index (χ1) is 9.09. The summed E-state index contributed by atoms with van der Waals surface area (Å²) in [5.41, 5.74) is 0.436. The molecule has 1 heterocycles. The number of rotatable bonds is 6. The second-order valence-electron chi connectivity index (χ2n) is 6.49. The summed E-state index contributed by atoms with van der Waals surface area (Å²) >= 11 is 1.79. The molecule has 108 valence electrons. The van der Waals surface area contributed by atoms with Gasteiger partial charge in [-0.1, -0.05) is 39.7 Å². The van der Waals surface area contributed by atoms with Crippen molar-refractivity contribution in [2.24, 2.45) is 17.3 Å². The van der Waals surface area contributed by atoms with E-state index in [1.54, 1.807) is 11.3 Å². The van der Waals surface area contributed by atoms with Crippen molar-refractivity contribution < 1.29 is 4.74 Å². The van der Waals surface area contributed by atoms with Crippen molar-refractivity contribution in [1.29, 1.82) is 0 Å². The first-order valence-corrected chi connectivity index (χ1v) is 8.28. The molecule has 0 saturated heterocycles. The van der Waals surface area contributed by atoms with E-state index >= 15 is 0 Å². The zero-order valence-corrected chi connectivity index (χ0v) is 13.3. The maximum atomic E-state index is 5.87. The zero-order valence-electron chi connectivity index (χ0n) is 12.4. The van der Waals surface area contributed by atoms with Crippen molar-refractivity contribution in [3.63, 3.8) is 0 Å². The second-order valence-corrected chi connectivity index (χ2v) is 7.52. The highest BCUT2D eigenvalue weighted by Gasteiger charge is 2.36. The van der Waals surface area contributed by atoms with E-state index < -0.39 is 0 Å². The quantitative estimate of drug-likeness (QED) is 0.621. The van der Waals surface area contributed by atoms with Crippen LogP contribution in [0.1, 0.15) is 44.9 Å². The molecule has 1 fully saturated rings. The van der Waals surface area contributed by atoms with Gasteiger partial charge < -0.3 is 4.74 Å². The highest BCUT2D eigenvalue weighted by Crippen LogP contribution is 2.43. The van der Waals surface area contributed by atoms with Gasteiger partial charge >= 0.3 is 0 Å². The van der Waals surface area contributed by atoms with Gasteiger partial charge in [-0.05, 0) is 35.1 Å². The second kappa shape index (κ2) is 6.87. The lowest BCUT2D eigenvalue weighted by Crippen LogP contribution is -2.37. The van der Waals surface area contributed by atoms with E-state index in [2.05, 4.69) is 43.6 Å². The molecule has 0 aliphatic heterocycles. The molecule has 1 aromatic rings. The van der Waals surface area contributed by atoms with Crippen molar-refractivity contribution in [1.82, 2.24) is 5.32 Å². The summed E-state index contributed by atoms with van der Waals surface area (Å²) in [6, 6.07) is 4.25. The summed E-state index contributed by atoms with van der Waals surface area (Å²) in [4.78, 5) is 1.37. The van der Waals surface area contributed by atoms with Gasteiger partial charge in [-0.25, -0.2) is 0 Å². The van der Waals surface area contributed by atoms with Crippen LogP contribution in [-0.4, -0.2) is 13.3 Å². The lowest BCUT2D eigenvalue weighted by molar-refractivity contribution is -0.0107. The first-order valence-electron chi connectivity index (χ1n) is 7.40. The van der Waals surface area contributed by atoms with E-state index in [0.717, 1.165) is 19.1 Å². The fourth-order valence-electron chi connectivity index (χ4n) is 3.27. The Morgan fingerprint density at radius 2 is 2.32 bits per heavy atom. The van der Waals surface area contributed by atoms with Crippen LogP contribution in [-0.2, 0) is 11.3 Å². The molecule has 2 rings (SSSR count). The molecular weight excluding hydrogens is 254 g/mol. The largest absolute Gasteiger partial charge is 0.366 e. The molecule has 0 spiro atoms. The van der Waals surface area contributed by atoms with Crippen LogP contribution < -0.4 is 5.32 Å². The molecule has 1 aliphatic rings. The van der Waals surface area contributed by atoms with Crippen LogP contribution >= 0.6 is 11.3 Å². The Morgan fingerprint density at radius 1 is 1.47 bits per heavy atom. The molecule has 2 nitrogen and oxygen atoms in total. The Morgan fingerprint density at radius 3 is 3.00 bits per heavy atom. The predicted molar refractivity (Wildman–Crippen MR) is 82.3 cm³/mol. The van der Waals surface area contributed by atoms with Crippen molar-refractivity contribution in [3.8, 4) is 0 Å². The minimum atomic E-state index is 0.436. The Labute approximate surface area is 121 Å². The molecule has 1 N–H and O–H groups in total. The molecule has 0 radical (unpaired) electrons. The molecule has 19 heavy (non-hydrogen) atoms. The fraction of sp³-hybridized carbons (Fsp3) is 0.750. The van der Waals surface area contributed by atoms with E-state index in [0.29, 0.717) is 18.1 Å². The van der Waals surface area contributed by atoms with Gasteiger partial charge in [0, 0.05) is 11.4 Å². The van der Waals surface area contributed by atoms with Gasteiger partial charge in [-0.3, -0.25) is 5.32 Å². The van der Waals surface area contributed by atoms with Gasteiger partial charge in [0.2, 0.25) is 0 Å². The van der Waals surface area contributed by atoms with Crippen molar-refractivity contribution >= 4 is 11.3 Å². The fourth-order valence-corrected chi connectivity index (χ4v) is 3.95. The minimum Gasteiger partial charge on any atom is -0.366 e. The summed E-state index contributed by atoms with van der Waals surface area (Å²) in [6.07, 6.45) is 4.08. The standard InChI is InChI=1S/C16H27NOS/c1-13-6-4-8-16(2,3)15(13)11-18-12-17-10-14-7-5-9-19-14/h5,7,9,13,15,17H,4,6,8,10-12H2,1-3H3/t13-,15?/m0/s1. The maximum absolute atomic E-state index is 5.87. The van der Waals surface area contributed by atoms with Gasteiger partial charge in [-0.2, -0.15) is 0 Å². The Kier molecular flexibility index (Phi) is 5.43. The summed E-state index contributed by atoms with van der Waals surface area (Å²) in [7, 11) is 0. The van der Waals surface area contributed by atoms with Gasteiger partial charge in [-0.15, -0.1) is 11.3 Å². The number of ether oxygens (including phenoxy) is 1. The topological polar surface area (TPSA) is 21.3 Å². The highest BCUT2D eigenvalue weighted by atomic mass is 32.1. The molecule has 1 unspecified atom stereocenters. The molecule has 0 aromatic carbocycles. The van der Waals surface area contributed by atoms with Gasteiger partial charge in [0.1, 0.15) is 0 Å². The van der Waals surface area contributed by atoms with Crippen molar-refractivity contribution in [2.45, 2.75) is 46.6 Å². The van der Waals surface area contributed by atoms with E-state index in [4.69, 9.17) is 4.74 Å². The Bertz CT molecular complexity index is 361. The van der Waals surface area contributed by atoms with E-state index in [1.165, 1.54) is 24.1 Å². The van der Waals surface area contributed by atoms with Gasteiger partial charge in [0.25, 0.3) is 0 Å². The third-order valence-electron chi connectivity index (χ3n) is 4.55. The first kappa shape index (κ1) is 15.0. The molecule has 1 aromatic heterocycles. The third kappa shape index (κ3) is 4.30. The van der Waals surface area contributed by atoms with E-state index in [1.807, 2.05) is 0 Å². The van der Waals surface area contributed by atoms with Crippen LogP contribution in [0, 0.1) is 17.3 Å². The van der Waals surface area contributed by atoms with E-state index in [9.17, 15) is 0 Å². The Balaban J connectivity index is 1.66. The lowest BCUT2D eigenvalue weighted by Gasteiger charge is -2.42. The van der Waals surface area contributed by atoms with Crippen LogP contribution in [0.15, 0.2) is 17.5 Å². The number of nitrogens with one attached hydrogen (secondary N) is 1. The predicted octanol–water partition coefficient (Wildman–Crippen LogP) is 4.27. The summed E-state index contributed by atoms with van der Waals surface area (Å²) in [6.45, 7) is 9.66. The summed E-state index contributed by atoms with van der Waals surface area (Å²) in [5.74, 6) is 1.49. The van der Waals surface area contributed by atoms with Gasteiger partial charge in [0.15, 0.2) is 0 Å². The Hall–Kier alpha value is -0.380. The number of hydrogen-bond donors (Lipinski definition) is 1. The van der Waals surface area contributed by atoms with Crippen molar-refractivity contribution in [2.75, 3.05) is 13.3 Å². The molecule has 3 heteroatoms. The average Bonchev–Trinajstić information content (AvgIpc) is 2.84. The number of hydrogen-bond acceptors (Lipinski definition) is 3. The molecule has 1 aliphatic carbocycles. The third-order valence-corrected chi connectivity index (χ3v) is 5.43. The molecule has 2 atom stereocenters. The van der Waals surface area contributed by atoms with Crippen LogP contribution in [0.2, 0.25) is 0 Å². The van der Waals surface area contributed by atoms with Gasteiger partial charge in [0.05, 0.1) is 13.3 Å². The molecular formula is C16H27NOS. The smallest absolute Gasteiger partial charge is 0.0968 e. The lowest BCUT2D eigenvalue weighted by atomic mass is 9.64. The van der Waals surface area contributed by atoms with E-state index in [-0.39, 0.29) is 0 Å². The van der Waals surface area contributed by atoms with Crippen LogP contribution in [0.3, 0.4) is 0 Å². The van der Waals surface area contributed by atoms with Crippen LogP contribution in [0.5, 0.6) is 0 Å². The summed E-state index contributed by atoms with van der Waals surface area (Å²) in [5, 5.41) is 5.47. The molecule has 0 amide bonds. The maximum Gasteiger partial charge on any atom is 0.0968 e. The van der Waals surface area contributed by atoms with Crippen LogP contribution in [0.25, 0.3) is 0 Å². The minimum absolute atomic E-state index is 0.436. The normalized spacial score (nSPS) is 26.5. The van der Waals surface area contributed by atoms with Crippen LogP contribution in [0.4, 0.5) is 0 Å². The highest BCUT2D eigenvalue weighted by molar-refractivity contribution is 7.09. The SMILES string of the molecule is C[C@H]1CCCC(C)(C)C1COCNCc1cccs1. The number of thiophene rings is 1.